The molecule has 1 amide bonds. The van der Waals surface area contributed by atoms with Gasteiger partial charge in [-0.05, 0) is 17.2 Å². The molecule has 0 aliphatic carbocycles. The number of nitrogens with zero attached hydrogens (tertiary/aromatic N) is 1. The second-order valence-electron chi connectivity index (χ2n) is 6.21. The molecular formula is C20H21ClN2O3. The number of piperazine rings is 1. The van der Waals surface area contributed by atoms with Gasteiger partial charge in [-0.15, -0.1) is 0 Å². The summed E-state index contributed by atoms with van der Waals surface area (Å²) in [7, 11) is 0. The average molecular weight is 373 g/mol. The zero-order chi connectivity index (χ0) is 18.4. The van der Waals surface area contributed by atoms with Gasteiger partial charge in [-0.25, -0.2) is 0 Å². The summed E-state index contributed by atoms with van der Waals surface area (Å²) in [5.41, 5.74) is 1.82. The standard InChI is InChI=1S/C20H21ClN2O3/c21-17-9-5-4-8-16(17)13-23-11-10-22-18(20(23)25)12-19(24)26-14-15-6-2-1-3-7-15/h1-9,18,22H,10-14H2. The minimum atomic E-state index is -0.561. The van der Waals surface area contributed by atoms with E-state index in [-0.39, 0.29) is 24.9 Å². The molecule has 2 aromatic rings. The minimum absolute atomic E-state index is 0.0185. The largest absolute Gasteiger partial charge is 0.461 e. The molecule has 0 bridgehead atoms. The van der Waals surface area contributed by atoms with Gasteiger partial charge in [0, 0.05) is 24.7 Å². The Hall–Kier alpha value is -2.37. The molecule has 1 aliphatic rings. The molecule has 1 N–H and O–H groups in total. The Balaban J connectivity index is 1.54. The molecule has 0 radical (unpaired) electrons. The second kappa shape index (κ2) is 8.83. The van der Waals surface area contributed by atoms with Crippen molar-refractivity contribution >= 4 is 23.5 Å². The second-order valence-corrected chi connectivity index (χ2v) is 6.62. The lowest BCUT2D eigenvalue weighted by Crippen LogP contribution is -2.55. The maximum absolute atomic E-state index is 12.7. The van der Waals surface area contributed by atoms with Gasteiger partial charge >= 0.3 is 5.97 Å². The minimum Gasteiger partial charge on any atom is -0.461 e. The number of hydrogen-bond donors (Lipinski definition) is 1. The maximum Gasteiger partial charge on any atom is 0.308 e. The van der Waals surface area contributed by atoms with Crippen molar-refractivity contribution in [3.63, 3.8) is 0 Å². The number of carbonyl (C=O) groups excluding carboxylic acids is 2. The molecule has 1 aliphatic heterocycles. The van der Waals surface area contributed by atoms with Gasteiger partial charge in [0.25, 0.3) is 0 Å². The van der Waals surface area contributed by atoms with E-state index in [0.29, 0.717) is 24.7 Å². The summed E-state index contributed by atoms with van der Waals surface area (Å²) in [5, 5.41) is 3.74. The molecule has 5 nitrogen and oxygen atoms in total. The summed E-state index contributed by atoms with van der Waals surface area (Å²) >= 11 is 6.18. The van der Waals surface area contributed by atoms with Crippen LogP contribution in [0.5, 0.6) is 0 Å². The number of benzene rings is 2. The van der Waals surface area contributed by atoms with Gasteiger partial charge in [0.1, 0.15) is 6.61 Å². The quantitative estimate of drug-likeness (QED) is 0.792. The summed E-state index contributed by atoms with van der Waals surface area (Å²) in [4.78, 5) is 26.5. The molecule has 1 saturated heterocycles. The van der Waals surface area contributed by atoms with Crippen molar-refractivity contribution in [2.24, 2.45) is 0 Å². The van der Waals surface area contributed by atoms with Crippen molar-refractivity contribution in [2.75, 3.05) is 13.1 Å². The van der Waals surface area contributed by atoms with E-state index in [1.54, 1.807) is 4.90 Å². The molecule has 2 aromatic carbocycles. The van der Waals surface area contributed by atoms with Crippen LogP contribution < -0.4 is 5.32 Å². The highest BCUT2D eigenvalue weighted by Crippen LogP contribution is 2.18. The van der Waals surface area contributed by atoms with Gasteiger partial charge in [0.15, 0.2) is 0 Å². The van der Waals surface area contributed by atoms with Gasteiger partial charge < -0.3 is 15.0 Å². The Morgan fingerprint density at radius 3 is 2.65 bits per heavy atom. The number of carbonyl (C=O) groups is 2. The highest BCUT2D eigenvalue weighted by molar-refractivity contribution is 6.31. The normalized spacial score (nSPS) is 17.2. The fourth-order valence-electron chi connectivity index (χ4n) is 2.90. The van der Waals surface area contributed by atoms with E-state index in [9.17, 15) is 9.59 Å². The first-order valence-electron chi connectivity index (χ1n) is 8.58. The molecule has 3 rings (SSSR count). The molecule has 26 heavy (non-hydrogen) atoms. The van der Waals surface area contributed by atoms with Crippen LogP contribution in [-0.4, -0.2) is 35.9 Å². The van der Waals surface area contributed by atoms with Gasteiger partial charge in [0.05, 0.1) is 12.5 Å². The number of halogens is 1. The Morgan fingerprint density at radius 2 is 1.88 bits per heavy atom. The van der Waals surface area contributed by atoms with Crippen LogP contribution >= 0.6 is 11.6 Å². The number of ether oxygens (including phenoxy) is 1. The van der Waals surface area contributed by atoms with Crippen molar-refractivity contribution in [3.05, 3.63) is 70.7 Å². The van der Waals surface area contributed by atoms with E-state index in [4.69, 9.17) is 16.3 Å². The lowest BCUT2D eigenvalue weighted by Gasteiger charge is -2.33. The van der Waals surface area contributed by atoms with E-state index in [1.807, 2.05) is 54.6 Å². The molecule has 1 fully saturated rings. The third kappa shape index (κ3) is 4.84. The number of rotatable bonds is 6. The molecule has 0 saturated carbocycles. The zero-order valence-corrected chi connectivity index (χ0v) is 15.1. The Bertz CT molecular complexity index is 767. The van der Waals surface area contributed by atoms with E-state index in [2.05, 4.69) is 5.32 Å². The monoisotopic (exact) mass is 372 g/mol. The average Bonchev–Trinajstić information content (AvgIpc) is 2.66. The first-order chi connectivity index (χ1) is 12.6. The summed E-state index contributed by atoms with van der Waals surface area (Å²) in [6.45, 7) is 1.87. The van der Waals surface area contributed by atoms with E-state index in [0.717, 1.165) is 11.1 Å². The lowest BCUT2D eigenvalue weighted by molar-refractivity contribution is -0.149. The highest BCUT2D eigenvalue weighted by Gasteiger charge is 2.30. The number of amides is 1. The topological polar surface area (TPSA) is 58.6 Å². The fourth-order valence-corrected chi connectivity index (χ4v) is 3.10. The predicted molar refractivity (Wildman–Crippen MR) is 99.5 cm³/mol. The number of nitrogens with one attached hydrogen (secondary N) is 1. The molecule has 0 aromatic heterocycles. The predicted octanol–water partition coefficient (Wildman–Crippen LogP) is 2.77. The van der Waals surface area contributed by atoms with Crippen LogP contribution in [0.25, 0.3) is 0 Å². The van der Waals surface area contributed by atoms with Gasteiger partial charge in [-0.1, -0.05) is 60.1 Å². The van der Waals surface area contributed by atoms with Crippen LogP contribution in [0.2, 0.25) is 5.02 Å². The van der Waals surface area contributed by atoms with Crippen molar-refractivity contribution in [1.29, 1.82) is 0 Å². The van der Waals surface area contributed by atoms with Crippen molar-refractivity contribution in [3.8, 4) is 0 Å². The zero-order valence-electron chi connectivity index (χ0n) is 14.4. The SMILES string of the molecule is O=C(CC1NCCN(Cc2ccccc2Cl)C1=O)OCc1ccccc1. The lowest BCUT2D eigenvalue weighted by atomic mass is 10.1. The molecule has 136 valence electrons. The van der Waals surface area contributed by atoms with Gasteiger partial charge in [-0.3, -0.25) is 9.59 Å². The Labute approximate surface area is 157 Å². The molecular weight excluding hydrogens is 352 g/mol. The Morgan fingerprint density at radius 1 is 1.15 bits per heavy atom. The van der Waals surface area contributed by atoms with E-state index in [1.165, 1.54) is 0 Å². The summed E-state index contributed by atoms with van der Waals surface area (Å²) in [5.74, 6) is -0.493. The molecule has 0 spiro atoms. The van der Waals surface area contributed by atoms with Crippen LogP contribution in [0.15, 0.2) is 54.6 Å². The van der Waals surface area contributed by atoms with Crippen LogP contribution in [0.1, 0.15) is 17.5 Å². The maximum atomic E-state index is 12.7. The van der Waals surface area contributed by atoms with E-state index < -0.39 is 6.04 Å². The highest BCUT2D eigenvalue weighted by atomic mass is 35.5. The van der Waals surface area contributed by atoms with Crippen molar-refractivity contribution in [1.82, 2.24) is 10.2 Å². The Kier molecular flexibility index (Phi) is 6.26. The first kappa shape index (κ1) is 18.4. The summed E-state index contributed by atoms with van der Waals surface area (Å²) in [6, 6.07) is 16.4. The van der Waals surface area contributed by atoms with Gasteiger partial charge in [-0.2, -0.15) is 0 Å². The smallest absolute Gasteiger partial charge is 0.308 e. The van der Waals surface area contributed by atoms with Crippen LogP contribution in [0, 0.1) is 0 Å². The van der Waals surface area contributed by atoms with Crippen LogP contribution in [0.3, 0.4) is 0 Å². The van der Waals surface area contributed by atoms with Crippen LogP contribution in [-0.2, 0) is 27.5 Å². The third-order valence-corrected chi connectivity index (χ3v) is 4.68. The summed E-state index contributed by atoms with van der Waals surface area (Å²) < 4.78 is 5.28. The third-order valence-electron chi connectivity index (χ3n) is 4.31. The first-order valence-corrected chi connectivity index (χ1v) is 8.96. The molecule has 1 unspecified atom stereocenters. The van der Waals surface area contributed by atoms with Crippen molar-refractivity contribution in [2.45, 2.75) is 25.6 Å². The van der Waals surface area contributed by atoms with Crippen LogP contribution in [0.4, 0.5) is 0 Å². The molecule has 1 heterocycles. The molecule has 6 heteroatoms. The molecule has 1 atom stereocenters. The van der Waals surface area contributed by atoms with Crippen molar-refractivity contribution < 1.29 is 14.3 Å². The number of hydrogen-bond acceptors (Lipinski definition) is 4. The summed E-state index contributed by atoms with van der Waals surface area (Å²) in [6.07, 6.45) is 0.0185. The van der Waals surface area contributed by atoms with Gasteiger partial charge in [0.2, 0.25) is 5.91 Å². The number of esters is 1. The fraction of sp³-hybridized carbons (Fsp3) is 0.300. The van der Waals surface area contributed by atoms with E-state index >= 15 is 0 Å².